The number of benzene rings is 2. The first-order valence-electron chi connectivity index (χ1n) is 8.11. The minimum absolute atomic E-state index is 0.0157. The number of rotatable bonds is 9. The van der Waals surface area contributed by atoms with E-state index in [2.05, 4.69) is 22.6 Å². The first-order valence-corrected chi connectivity index (χ1v) is 10.3. The van der Waals surface area contributed by atoms with Crippen LogP contribution >= 0.6 is 45.2 Å². The van der Waals surface area contributed by atoms with Gasteiger partial charge in [0.15, 0.2) is 5.75 Å². The summed E-state index contributed by atoms with van der Waals surface area (Å²) in [6.45, 7) is 1.81. The van der Waals surface area contributed by atoms with Gasteiger partial charge in [-0.1, -0.05) is 0 Å². The Morgan fingerprint density at radius 1 is 0.893 bits per heavy atom. The largest absolute Gasteiger partial charge is 0.489 e. The van der Waals surface area contributed by atoms with Crippen molar-refractivity contribution >= 4 is 56.6 Å². The van der Waals surface area contributed by atoms with Crippen LogP contribution in [0, 0.1) is 17.3 Å². The Hall–Kier alpha value is -1.38. The van der Waals surface area contributed by atoms with Gasteiger partial charge in [0.25, 0.3) is 0 Å². The van der Waals surface area contributed by atoms with Crippen molar-refractivity contribution in [3.63, 3.8) is 0 Å². The van der Waals surface area contributed by atoms with Gasteiger partial charge in [-0.05, 0) is 75.5 Å². The van der Waals surface area contributed by atoms with Crippen molar-refractivity contribution in [2.45, 2.75) is 0 Å². The summed E-state index contributed by atoms with van der Waals surface area (Å²) in [4.78, 5) is 10.2. The van der Waals surface area contributed by atoms with Crippen LogP contribution in [0.1, 0.15) is 0 Å². The predicted molar refractivity (Wildman–Crippen MR) is 124 cm³/mol. The molecule has 10 heteroatoms. The summed E-state index contributed by atoms with van der Waals surface area (Å²) in [7, 11) is 3.19. The van der Waals surface area contributed by atoms with Gasteiger partial charge in [-0.2, -0.15) is 0 Å². The number of nitrogens with two attached hydrogens (primary N) is 1. The van der Waals surface area contributed by atoms with Gasteiger partial charge in [0.1, 0.15) is 19.0 Å². The number of ether oxygens (including phenoxy) is 4. The van der Waals surface area contributed by atoms with Crippen LogP contribution in [-0.4, -0.2) is 45.6 Å². The Morgan fingerprint density at radius 3 is 1.89 bits per heavy atom. The van der Waals surface area contributed by atoms with Gasteiger partial charge in [-0.3, -0.25) is 10.1 Å². The molecule has 0 atom stereocenters. The van der Waals surface area contributed by atoms with E-state index in [0.717, 1.165) is 12.9 Å². The molecule has 2 rings (SSSR count). The molecule has 0 aliphatic heterocycles. The van der Waals surface area contributed by atoms with E-state index in [4.69, 9.17) is 24.7 Å². The molecule has 0 heterocycles. The molecule has 0 saturated carbocycles. The molecule has 0 amide bonds. The van der Waals surface area contributed by atoms with E-state index in [-0.39, 0.29) is 11.4 Å². The second-order valence-corrected chi connectivity index (χ2v) is 7.73. The van der Waals surface area contributed by atoms with E-state index in [9.17, 15) is 10.1 Å². The highest BCUT2D eigenvalue weighted by Gasteiger charge is 2.15. The predicted octanol–water partition coefficient (Wildman–Crippen LogP) is 4.12. The molecule has 0 unspecified atom stereocenters. The van der Waals surface area contributed by atoms with Crippen LogP contribution in [0.4, 0.5) is 11.4 Å². The fraction of sp³-hybridized carbons (Fsp3) is 0.333. The zero-order chi connectivity index (χ0) is 20.9. The summed E-state index contributed by atoms with van der Waals surface area (Å²) in [5.74, 6) is 0.995. The topological polar surface area (TPSA) is 106 Å². The van der Waals surface area contributed by atoms with E-state index in [1.165, 1.54) is 6.07 Å². The molecule has 0 fully saturated rings. The fourth-order valence-corrected chi connectivity index (χ4v) is 2.87. The average molecular weight is 616 g/mol. The molecule has 0 aliphatic carbocycles. The molecule has 2 N–H and O–H groups in total. The average Bonchev–Trinajstić information content (AvgIpc) is 2.65. The molecule has 2 aromatic carbocycles. The van der Waals surface area contributed by atoms with E-state index in [1.54, 1.807) is 26.4 Å². The van der Waals surface area contributed by atoms with Crippen LogP contribution in [0.3, 0.4) is 0 Å². The monoisotopic (exact) mass is 616 g/mol. The third kappa shape index (κ3) is 9.21. The quantitative estimate of drug-likeness (QED) is 0.149. The minimum Gasteiger partial charge on any atom is -0.489 e. The van der Waals surface area contributed by atoms with Crippen LogP contribution < -0.4 is 15.2 Å². The van der Waals surface area contributed by atoms with Crippen LogP contribution in [0.2, 0.25) is 0 Å². The van der Waals surface area contributed by atoms with E-state index in [0.29, 0.717) is 32.1 Å². The number of methoxy groups -OCH3 is 2. The number of hydrogen-bond donors (Lipinski definition) is 1. The molecule has 0 radical (unpaired) electrons. The van der Waals surface area contributed by atoms with Crippen LogP contribution in [0.25, 0.3) is 0 Å². The highest BCUT2D eigenvalue weighted by atomic mass is 127. The molecule has 0 aliphatic rings. The Labute approximate surface area is 191 Å². The zero-order valence-corrected chi connectivity index (χ0v) is 19.8. The lowest BCUT2D eigenvalue weighted by molar-refractivity contribution is -0.386. The van der Waals surface area contributed by atoms with Crippen molar-refractivity contribution < 1.29 is 23.9 Å². The Morgan fingerprint density at radius 2 is 1.39 bits per heavy atom. The molecule has 0 saturated heterocycles. The number of halogens is 2. The van der Waals surface area contributed by atoms with Gasteiger partial charge < -0.3 is 24.7 Å². The first-order chi connectivity index (χ1) is 13.4. The number of nitrogen functional groups attached to an aromatic ring is 1. The summed E-state index contributed by atoms with van der Waals surface area (Å²) in [5, 5.41) is 10.7. The van der Waals surface area contributed by atoms with Gasteiger partial charge in [-0.15, -0.1) is 0 Å². The van der Waals surface area contributed by atoms with Crippen LogP contribution in [-0.2, 0) is 9.47 Å². The first kappa shape index (κ1) is 24.7. The van der Waals surface area contributed by atoms with Crippen molar-refractivity contribution in [3.05, 3.63) is 53.7 Å². The Kier molecular flexibility index (Phi) is 12.1. The molecule has 0 spiro atoms. The van der Waals surface area contributed by atoms with E-state index >= 15 is 0 Å². The summed E-state index contributed by atoms with van der Waals surface area (Å²) in [5.41, 5.74) is 6.39. The smallest absolute Gasteiger partial charge is 0.311 e. The van der Waals surface area contributed by atoms with E-state index in [1.807, 2.05) is 40.8 Å². The van der Waals surface area contributed by atoms with Crippen LogP contribution in [0.15, 0.2) is 36.4 Å². The summed E-state index contributed by atoms with van der Waals surface area (Å²) >= 11 is 4.22. The fourth-order valence-electron chi connectivity index (χ4n) is 1.88. The SMILES string of the molecule is COCCOc1ccc(I)cc1N.COCCOc1ccc(I)cc1[N+](=O)[O-]. The highest BCUT2D eigenvalue weighted by Crippen LogP contribution is 2.28. The van der Waals surface area contributed by atoms with Gasteiger partial charge in [-0.25, -0.2) is 0 Å². The van der Waals surface area contributed by atoms with Gasteiger partial charge >= 0.3 is 5.69 Å². The summed E-state index contributed by atoms with van der Waals surface area (Å²) in [6.07, 6.45) is 0. The second kappa shape index (κ2) is 13.7. The van der Waals surface area contributed by atoms with Crippen LogP contribution in [0.5, 0.6) is 11.5 Å². The zero-order valence-electron chi connectivity index (χ0n) is 15.5. The van der Waals surface area contributed by atoms with Crippen molar-refractivity contribution in [2.24, 2.45) is 0 Å². The molecule has 154 valence electrons. The normalized spacial score (nSPS) is 10.0. The molecule has 2 aromatic rings. The van der Waals surface area contributed by atoms with Gasteiger partial charge in [0.05, 0.1) is 23.8 Å². The van der Waals surface area contributed by atoms with Gasteiger partial charge in [0.2, 0.25) is 0 Å². The second-order valence-electron chi connectivity index (χ2n) is 5.23. The van der Waals surface area contributed by atoms with Crippen molar-refractivity contribution in [1.82, 2.24) is 0 Å². The molecular formula is C18H22I2N2O6. The number of nitro groups is 1. The third-order valence-electron chi connectivity index (χ3n) is 3.18. The maximum Gasteiger partial charge on any atom is 0.311 e. The molecule has 28 heavy (non-hydrogen) atoms. The highest BCUT2D eigenvalue weighted by molar-refractivity contribution is 14.1. The standard InChI is InChI=1S/C9H10INO4.C9H12INO2/c1-14-4-5-15-9-3-2-7(10)6-8(9)11(12)13;1-12-4-5-13-9-3-2-7(10)6-8(9)11/h2-3,6H,4-5H2,1H3;2-3,6H,4-5,11H2,1H3. The number of nitrogens with zero attached hydrogens (tertiary/aromatic N) is 1. The number of anilines is 1. The maximum absolute atomic E-state index is 10.7. The van der Waals surface area contributed by atoms with Crippen molar-refractivity contribution in [3.8, 4) is 11.5 Å². The number of nitro benzene ring substituents is 1. The molecular weight excluding hydrogens is 594 g/mol. The third-order valence-corrected chi connectivity index (χ3v) is 4.52. The van der Waals surface area contributed by atoms with E-state index < -0.39 is 4.92 Å². The van der Waals surface area contributed by atoms with Crippen molar-refractivity contribution in [1.29, 1.82) is 0 Å². The van der Waals surface area contributed by atoms with Gasteiger partial charge in [0, 0.05) is 27.4 Å². The molecule has 0 aromatic heterocycles. The lowest BCUT2D eigenvalue weighted by Crippen LogP contribution is -2.05. The molecule has 8 nitrogen and oxygen atoms in total. The molecule has 0 bridgehead atoms. The summed E-state index contributed by atoms with van der Waals surface area (Å²) < 4.78 is 22.2. The van der Waals surface area contributed by atoms with Crippen molar-refractivity contribution in [2.75, 3.05) is 46.4 Å². The Balaban J connectivity index is 0.000000283. The lowest BCUT2D eigenvalue weighted by atomic mass is 10.3. The Bertz CT molecular complexity index is 761. The maximum atomic E-state index is 10.7. The summed E-state index contributed by atoms with van der Waals surface area (Å²) in [6, 6.07) is 10.5. The number of hydrogen-bond acceptors (Lipinski definition) is 7. The lowest BCUT2D eigenvalue weighted by Gasteiger charge is -2.07. The minimum atomic E-state index is -0.454.